The van der Waals surface area contributed by atoms with E-state index in [9.17, 15) is 4.79 Å². The minimum atomic E-state index is -0.148. The van der Waals surface area contributed by atoms with E-state index in [4.69, 9.17) is 0 Å². The molecule has 19 heavy (non-hydrogen) atoms. The molecule has 0 spiro atoms. The van der Waals surface area contributed by atoms with Crippen LogP contribution in [0.1, 0.15) is 23.1 Å². The van der Waals surface area contributed by atoms with Gasteiger partial charge < -0.3 is 9.88 Å². The van der Waals surface area contributed by atoms with Gasteiger partial charge in [0.05, 0.1) is 12.1 Å². The Labute approximate surface area is 127 Å². The largest absolute Gasteiger partial charge is 0.345 e. The highest BCUT2D eigenvalue weighted by atomic mass is 79.9. The molecule has 1 aromatic carbocycles. The molecule has 0 saturated heterocycles. The van der Waals surface area contributed by atoms with Crippen molar-refractivity contribution in [3.8, 4) is 0 Å². The Kier molecular flexibility index (Phi) is 4.71. The molecule has 1 N–H and O–H groups in total. The fourth-order valence-electron chi connectivity index (χ4n) is 1.61. The molecule has 0 aliphatic carbocycles. The van der Waals surface area contributed by atoms with E-state index in [-0.39, 0.29) is 5.91 Å². The number of nitrogens with zero attached hydrogens (tertiary/aromatic N) is 3. The molecule has 2 aromatic rings. The van der Waals surface area contributed by atoms with Gasteiger partial charge in [0.15, 0.2) is 5.82 Å². The average Bonchev–Trinajstić information content (AvgIpc) is 2.83. The van der Waals surface area contributed by atoms with E-state index in [0.29, 0.717) is 12.1 Å². The molecule has 1 amide bonds. The number of aromatic nitrogens is 3. The molecule has 0 fully saturated rings. The summed E-state index contributed by atoms with van der Waals surface area (Å²) in [6.45, 7) is 3.13. The zero-order valence-corrected chi connectivity index (χ0v) is 13.4. The van der Waals surface area contributed by atoms with E-state index in [1.165, 1.54) is 0 Å². The number of hydrogen-bond acceptors (Lipinski definition) is 3. The summed E-state index contributed by atoms with van der Waals surface area (Å²) >= 11 is 6.72. The summed E-state index contributed by atoms with van der Waals surface area (Å²) in [6, 6.07) is 5.42. The van der Waals surface area contributed by atoms with E-state index < -0.39 is 0 Å². The number of halogens is 2. The number of benzene rings is 1. The number of carbonyl (C=O) groups excluding carboxylic acids is 1. The number of amides is 1. The summed E-state index contributed by atoms with van der Waals surface area (Å²) < 4.78 is 3.55. The van der Waals surface area contributed by atoms with E-state index in [1.54, 1.807) is 12.4 Å². The van der Waals surface area contributed by atoms with Crippen LogP contribution in [0.4, 0.5) is 0 Å². The van der Waals surface area contributed by atoms with Crippen LogP contribution in [-0.4, -0.2) is 20.7 Å². The first-order valence-electron chi connectivity index (χ1n) is 5.71. The van der Waals surface area contributed by atoms with E-state index in [2.05, 4.69) is 47.4 Å². The zero-order valence-electron chi connectivity index (χ0n) is 10.2. The van der Waals surface area contributed by atoms with Gasteiger partial charge >= 0.3 is 0 Å². The van der Waals surface area contributed by atoms with Crippen molar-refractivity contribution in [2.24, 2.45) is 0 Å². The Morgan fingerprint density at radius 2 is 2.21 bits per heavy atom. The fourth-order valence-corrected chi connectivity index (χ4v) is 2.84. The molecule has 1 heterocycles. The predicted molar refractivity (Wildman–Crippen MR) is 78.7 cm³/mol. The number of aryl methyl sites for hydroxylation is 1. The lowest BCUT2D eigenvalue weighted by Gasteiger charge is -2.07. The van der Waals surface area contributed by atoms with Crippen molar-refractivity contribution in [3.63, 3.8) is 0 Å². The summed E-state index contributed by atoms with van der Waals surface area (Å²) in [4.78, 5) is 12.1. The maximum Gasteiger partial charge on any atom is 0.252 e. The average molecular weight is 388 g/mol. The van der Waals surface area contributed by atoms with E-state index in [1.807, 2.05) is 23.6 Å². The lowest BCUT2D eigenvalue weighted by molar-refractivity contribution is 0.0948. The maximum atomic E-state index is 12.1. The number of hydrogen-bond donors (Lipinski definition) is 1. The highest BCUT2D eigenvalue weighted by molar-refractivity contribution is 9.11. The molecule has 0 bridgehead atoms. The second-order valence-electron chi connectivity index (χ2n) is 3.84. The van der Waals surface area contributed by atoms with Crippen molar-refractivity contribution in [1.29, 1.82) is 0 Å². The predicted octanol–water partition coefficient (Wildman–Crippen LogP) is 2.75. The lowest BCUT2D eigenvalue weighted by atomic mass is 10.2. The minimum Gasteiger partial charge on any atom is -0.345 e. The SMILES string of the molecule is CCn1cnnc1CNC(=O)c1ccc(Br)cc1Br. The number of rotatable bonds is 4. The second kappa shape index (κ2) is 6.29. The standard InChI is InChI=1S/C12H12Br2N4O/c1-2-18-7-16-17-11(18)6-15-12(19)9-4-3-8(13)5-10(9)14/h3-5,7H,2,6H2,1H3,(H,15,19). The summed E-state index contributed by atoms with van der Waals surface area (Å²) in [6.07, 6.45) is 1.65. The van der Waals surface area contributed by atoms with Gasteiger partial charge in [-0.05, 0) is 41.1 Å². The Hall–Kier alpha value is -1.21. The Morgan fingerprint density at radius 1 is 1.42 bits per heavy atom. The van der Waals surface area contributed by atoms with Crippen LogP contribution < -0.4 is 5.32 Å². The van der Waals surface area contributed by atoms with Crippen LogP contribution in [0.15, 0.2) is 33.5 Å². The van der Waals surface area contributed by atoms with Crippen LogP contribution in [0.2, 0.25) is 0 Å². The molecule has 5 nitrogen and oxygen atoms in total. The monoisotopic (exact) mass is 386 g/mol. The smallest absolute Gasteiger partial charge is 0.252 e. The van der Waals surface area contributed by atoms with Crippen molar-refractivity contribution in [3.05, 3.63) is 44.9 Å². The van der Waals surface area contributed by atoms with Crippen molar-refractivity contribution < 1.29 is 4.79 Å². The van der Waals surface area contributed by atoms with Gasteiger partial charge in [0.25, 0.3) is 5.91 Å². The molecule has 0 unspecified atom stereocenters. The third-order valence-electron chi connectivity index (χ3n) is 2.62. The van der Waals surface area contributed by atoms with Gasteiger partial charge in [0.1, 0.15) is 6.33 Å². The highest BCUT2D eigenvalue weighted by Crippen LogP contribution is 2.21. The first-order valence-corrected chi connectivity index (χ1v) is 7.30. The molecule has 0 radical (unpaired) electrons. The van der Waals surface area contributed by atoms with Crippen LogP contribution in [0.5, 0.6) is 0 Å². The first kappa shape index (κ1) is 14.2. The number of nitrogens with one attached hydrogen (secondary N) is 1. The summed E-state index contributed by atoms with van der Waals surface area (Å²) in [5.41, 5.74) is 0.589. The van der Waals surface area contributed by atoms with Gasteiger partial charge in [-0.1, -0.05) is 15.9 Å². The van der Waals surface area contributed by atoms with Crippen LogP contribution in [0.3, 0.4) is 0 Å². The molecule has 0 aliphatic rings. The lowest BCUT2D eigenvalue weighted by Crippen LogP contribution is -2.25. The summed E-state index contributed by atoms with van der Waals surface area (Å²) in [7, 11) is 0. The van der Waals surface area contributed by atoms with Crippen LogP contribution in [-0.2, 0) is 13.1 Å². The van der Waals surface area contributed by atoms with Crippen molar-refractivity contribution >= 4 is 37.8 Å². The zero-order chi connectivity index (χ0) is 13.8. The van der Waals surface area contributed by atoms with Gasteiger partial charge in [-0.3, -0.25) is 4.79 Å². The van der Waals surface area contributed by atoms with Crippen molar-refractivity contribution in [2.75, 3.05) is 0 Å². The molecular weight excluding hydrogens is 376 g/mol. The topological polar surface area (TPSA) is 59.8 Å². The summed E-state index contributed by atoms with van der Waals surface area (Å²) in [5, 5.41) is 10.6. The van der Waals surface area contributed by atoms with Crippen molar-refractivity contribution in [2.45, 2.75) is 20.0 Å². The first-order chi connectivity index (χ1) is 9.11. The molecule has 100 valence electrons. The van der Waals surface area contributed by atoms with Gasteiger partial charge in [-0.2, -0.15) is 0 Å². The van der Waals surface area contributed by atoms with Gasteiger partial charge in [-0.25, -0.2) is 0 Å². The quantitative estimate of drug-likeness (QED) is 0.877. The van der Waals surface area contributed by atoms with Crippen LogP contribution in [0.25, 0.3) is 0 Å². The molecule has 2 rings (SSSR count). The van der Waals surface area contributed by atoms with Gasteiger partial charge in [0, 0.05) is 15.5 Å². The third-order valence-corrected chi connectivity index (χ3v) is 3.77. The molecular formula is C12H12Br2N4O. The van der Waals surface area contributed by atoms with Crippen molar-refractivity contribution in [1.82, 2.24) is 20.1 Å². The normalized spacial score (nSPS) is 10.5. The highest BCUT2D eigenvalue weighted by Gasteiger charge is 2.11. The third kappa shape index (κ3) is 3.42. The molecule has 0 aliphatic heterocycles. The maximum absolute atomic E-state index is 12.1. The van der Waals surface area contributed by atoms with E-state index in [0.717, 1.165) is 21.3 Å². The minimum absolute atomic E-state index is 0.148. The van der Waals surface area contributed by atoms with Gasteiger partial charge in [-0.15, -0.1) is 10.2 Å². The fraction of sp³-hybridized carbons (Fsp3) is 0.250. The van der Waals surface area contributed by atoms with Crippen LogP contribution in [0, 0.1) is 0 Å². The molecule has 0 atom stereocenters. The molecule has 7 heteroatoms. The molecule has 1 aromatic heterocycles. The van der Waals surface area contributed by atoms with E-state index >= 15 is 0 Å². The summed E-state index contributed by atoms with van der Waals surface area (Å²) in [5.74, 6) is 0.592. The molecule has 0 saturated carbocycles. The van der Waals surface area contributed by atoms with Crippen LogP contribution >= 0.6 is 31.9 Å². The Bertz CT molecular complexity index is 597. The Morgan fingerprint density at radius 3 is 2.89 bits per heavy atom. The Balaban J connectivity index is 2.05. The number of carbonyl (C=O) groups is 1. The van der Waals surface area contributed by atoms with Gasteiger partial charge in [0.2, 0.25) is 0 Å². The second-order valence-corrected chi connectivity index (χ2v) is 5.61.